The first-order valence-electron chi connectivity index (χ1n) is 11.6. The molecule has 176 valence electrons. The number of aldehydes is 1. The van der Waals surface area contributed by atoms with E-state index in [2.05, 4.69) is 0 Å². The van der Waals surface area contributed by atoms with E-state index in [-0.39, 0.29) is 12.2 Å². The summed E-state index contributed by atoms with van der Waals surface area (Å²) in [4.78, 5) is 11.4. The molecule has 0 unspecified atom stereocenters. The number of hydrogen-bond donors (Lipinski definition) is 0. The highest BCUT2D eigenvalue weighted by Crippen LogP contribution is 2.38. The average molecular weight is 467 g/mol. The van der Waals surface area contributed by atoms with Crippen LogP contribution < -0.4 is 14.2 Å². The van der Waals surface area contributed by atoms with E-state index in [0.29, 0.717) is 36.9 Å². The Bertz CT molecular complexity index is 1240. The molecule has 0 aliphatic carbocycles. The van der Waals surface area contributed by atoms with Crippen LogP contribution in [-0.4, -0.2) is 19.0 Å². The van der Waals surface area contributed by atoms with Gasteiger partial charge < -0.3 is 18.9 Å². The Labute approximate surface area is 204 Å². The van der Waals surface area contributed by atoms with Crippen LogP contribution >= 0.6 is 0 Å². The molecule has 1 heterocycles. The van der Waals surface area contributed by atoms with Crippen LogP contribution in [-0.2, 0) is 18.0 Å². The number of rotatable bonds is 11. The van der Waals surface area contributed by atoms with Crippen LogP contribution in [0.3, 0.4) is 0 Å². The lowest BCUT2D eigenvalue weighted by atomic mass is 10.1. The van der Waals surface area contributed by atoms with E-state index in [1.165, 1.54) is 0 Å². The number of hydrogen-bond acceptors (Lipinski definition) is 5. The van der Waals surface area contributed by atoms with E-state index in [4.69, 9.17) is 18.9 Å². The van der Waals surface area contributed by atoms with Crippen molar-refractivity contribution in [1.82, 2.24) is 0 Å². The summed E-state index contributed by atoms with van der Waals surface area (Å²) in [5.74, 6) is 1.87. The SMILES string of the molecule is O=Cc1ccc(O[C@@H](c2ccc(OCc3ccccc3)cc2)[C@H]2CO2)c(OCc2ccccc2)c1. The molecule has 4 aromatic rings. The van der Waals surface area contributed by atoms with Crippen molar-refractivity contribution in [3.05, 3.63) is 125 Å². The van der Waals surface area contributed by atoms with Gasteiger partial charge in [0.1, 0.15) is 31.4 Å². The molecule has 35 heavy (non-hydrogen) atoms. The van der Waals surface area contributed by atoms with Gasteiger partial charge in [0.2, 0.25) is 0 Å². The van der Waals surface area contributed by atoms with Crippen LogP contribution in [0.25, 0.3) is 0 Å². The van der Waals surface area contributed by atoms with E-state index in [1.54, 1.807) is 18.2 Å². The minimum absolute atomic E-state index is 0.0428. The van der Waals surface area contributed by atoms with Crippen molar-refractivity contribution in [2.24, 2.45) is 0 Å². The largest absolute Gasteiger partial charge is 0.489 e. The van der Waals surface area contributed by atoms with Gasteiger partial charge in [0.25, 0.3) is 0 Å². The lowest BCUT2D eigenvalue weighted by Gasteiger charge is -2.21. The molecule has 5 nitrogen and oxygen atoms in total. The fourth-order valence-corrected chi connectivity index (χ4v) is 3.76. The third-order valence-electron chi connectivity index (χ3n) is 5.75. The highest BCUT2D eigenvalue weighted by atomic mass is 16.6. The molecule has 0 spiro atoms. The van der Waals surface area contributed by atoms with Gasteiger partial charge in [-0.05, 0) is 47.0 Å². The van der Waals surface area contributed by atoms with Crippen molar-refractivity contribution in [3.63, 3.8) is 0 Å². The van der Waals surface area contributed by atoms with Gasteiger partial charge in [-0.15, -0.1) is 0 Å². The Morgan fingerprint density at radius 3 is 2.00 bits per heavy atom. The Balaban J connectivity index is 1.30. The molecular weight excluding hydrogens is 440 g/mol. The van der Waals surface area contributed by atoms with Gasteiger partial charge in [-0.25, -0.2) is 0 Å². The van der Waals surface area contributed by atoms with E-state index >= 15 is 0 Å². The molecule has 2 atom stereocenters. The summed E-state index contributed by atoms with van der Waals surface area (Å²) < 4.78 is 24.0. The summed E-state index contributed by atoms with van der Waals surface area (Å²) >= 11 is 0. The first-order valence-corrected chi connectivity index (χ1v) is 11.6. The number of carbonyl (C=O) groups excluding carboxylic acids is 1. The Morgan fingerprint density at radius 2 is 1.40 bits per heavy atom. The van der Waals surface area contributed by atoms with Crippen molar-refractivity contribution in [2.45, 2.75) is 25.4 Å². The van der Waals surface area contributed by atoms with E-state index in [9.17, 15) is 4.79 Å². The molecule has 0 saturated carbocycles. The van der Waals surface area contributed by atoms with Gasteiger partial charge in [0.05, 0.1) is 6.61 Å². The first kappa shape index (κ1) is 22.7. The van der Waals surface area contributed by atoms with Crippen LogP contribution in [0.15, 0.2) is 103 Å². The normalized spacial score (nSPS) is 15.1. The maximum Gasteiger partial charge on any atom is 0.162 e. The zero-order valence-corrected chi connectivity index (χ0v) is 19.2. The maximum absolute atomic E-state index is 11.4. The first-order chi connectivity index (χ1) is 17.3. The van der Waals surface area contributed by atoms with Gasteiger partial charge in [0, 0.05) is 5.56 Å². The molecule has 5 heteroatoms. The Morgan fingerprint density at radius 1 is 0.771 bits per heavy atom. The van der Waals surface area contributed by atoms with Crippen LogP contribution in [0, 0.1) is 0 Å². The standard InChI is InChI=1S/C30H26O5/c31-18-24-11-16-27(28(17-24)33-20-23-9-5-2-6-10-23)35-30(29-21-34-29)25-12-14-26(15-13-25)32-19-22-7-3-1-4-8-22/h1-18,29-30H,19-21H2/t29-,30+/m1/s1. The van der Waals surface area contributed by atoms with Crippen molar-refractivity contribution in [1.29, 1.82) is 0 Å². The summed E-state index contributed by atoms with van der Waals surface area (Å²) in [5.41, 5.74) is 3.65. The summed E-state index contributed by atoms with van der Waals surface area (Å²) in [6.45, 7) is 1.51. The summed E-state index contributed by atoms with van der Waals surface area (Å²) in [6.07, 6.45) is 0.451. The molecule has 1 aliphatic heterocycles. The monoisotopic (exact) mass is 466 g/mol. The molecule has 1 fully saturated rings. The third-order valence-corrected chi connectivity index (χ3v) is 5.75. The topological polar surface area (TPSA) is 57.3 Å². The average Bonchev–Trinajstić information content (AvgIpc) is 3.77. The molecule has 1 saturated heterocycles. The van der Waals surface area contributed by atoms with Crippen LogP contribution in [0.5, 0.6) is 17.2 Å². The molecule has 0 aromatic heterocycles. The fraction of sp³-hybridized carbons (Fsp3) is 0.167. The van der Waals surface area contributed by atoms with Crippen molar-refractivity contribution in [3.8, 4) is 17.2 Å². The fourth-order valence-electron chi connectivity index (χ4n) is 3.76. The molecule has 4 aromatic carbocycles. The lowest BCUT2D eigenvalue weighted by Crippen LogP contribution is -2.15. The quantitative estimate of drug-likeness (QED) is 0.195. The number of ether oxygens (including phenoxy) is 4. The van der Waals surface area contributed by atoms with E-state index < -0.39 is 0 Å². The van der Waals surface area contributed by atoms with Gasteiger partial charge in [-0.3, -0.25) is 4.79 Å². The lowest BCUT2D eigenvalue weighted by molar-refractivity contribution is 0.112. The molecule has 1 aliphatic rings. The molecule has 0 radical (unpaired) electrons. The van der Waals surface area contributed by atoms with Gasteiger partial charge in [-0.2, -0.15) is 0 Å². The summed E-state index contributed by atoms with van der Waals surface area (Å²) in [5, 5.41) is 0. The predicted octanol–water partition coefficient (Wildman–Crippen LogP) is 6.18. The molecule has 5 rings (SSSR count). The Hall–Kier alpha value is -4.09. The van der Waals surface area contributed by atoms with Gasteiger partial charge >= 0.3 is 0 Å². The highest BCUT2D eigenvalue weighted by molar-refractivity contribution is 5.76. The maximum atomic E-state index is 11.4. The van der Waals surface area contributed by atoms with Crippen LogP contribution in [0.4, 0.5) is 0 Å². The van der Waals surface area contributed by atoms with Gasteiger partial charge in [0.15, 0.2) is 17.6 Å². The summed E-state index contributed by atoms with van der Waals surface area (Å²) in [6, 6.07) is 33.0. The van der Waals surface area contributed by atoms with Crippen LogP contribution in [0.2, 0.25) is 0 Å². The van der Waals surface area contributed by atoms with Crippen LogP contribution in [0.1, 0.15) is 33.2 Å². The van der Waals surface area contributed by atoms with E-state index in [0.717, 1.165) is 28.7 Å². The highest BCUT2D eigenvalue weighted by Gasteiger charge is 2.36. The van der Waals surface area contributed by atoms with Crippen molar-refractivity contribution in [2.75, 3.05) is 6.61 Å². The third kappa shape index (κ3) is 6.08. The second-order valence-electron chi connectivity index (χ2n) is 8.35. The second kappa shape index (κ2) is 10.9. The minimum atomic E-state index is -0.306. The molecule has 0 N–H and O–H groups in total. The molecule has 0 bridgehead atoms. The molecule has 0 amide bonds. The van der Waals surface area contributed by atoms with Gasteiger partial charge in [-0.1, -0.05) is 72.8 Å². The number of carbonyl (C=O) groups is 1. The summed E-state index contributed by atoms with van der Waals surface area (Å²) in [7, 11) is 0. The zero-order chi connectivity index (χ0) is 23.9. The van der Waals surface area contributed by atoms with E-state index in [1.807, 2.05) is 84.9 Å². The zero-order valence-electron chi connectivity index (χ0n) is 19.2. The second-order valence-corrected chi connectivity index (χ2v) is 8.35. The minimum Gasteiger partial charge on any atom is -0.489 e. The smallest absolute Gasteiger partial charge is 0.162 e. The van der Waals surface area contributed by atoms with Crippen molar-refractivity contribution >= 4 is 6.29 Å². The molecular formula is C30H26O5. The number of epoxide rings is 1. The van der Waals surface area contributed by atoms with Crippen molar-refractivity contribution < 1.29 is 23.7 Å². The predicted molar refractivity (Wildman–Crippen MR) is 133 cm³/mol. The number of benzene rings is 4. The Kier molecular flexibility index (Phi) is 7.06.